The summed E-state index contributed by atoms with van der Waals surface area (Å²) in [7, 11) is 0. The van der Waals surface area contributed by atoms with E-state index < -0.39 is 17.9 Å². The summed E-state index contributed by atoms with van der Waals surface area (Å²) in [4.78, 5) is 44.2. The highest BCUT2D eigenvalue weighted by Crippen LogP contribution is 2.33. The van der Waals surface area contributed by atoms with Gasteiger partial charge < -0.3 is 4.74 Å². The van der Waals surface area contributed by atoms with Gasteiger partial charge in [0, 0.05) is 17.8 Å². The molecule has 5 rings (SSSR count). The van der Waals surface area contributed by atoms with Crippen LogP contribution in [-0.4, -0.2) is 27.5 Å². The Bertz CT molecular complexity index is 1480. The number of amides is 2. The average Bonchev–Trinajstić information content (AvgIpc) is 3.26. The van der Waals surface area contributed by atoms with Gasteiger partial charge in [-0.15, -0.1) is 11.3 Å². The van der Waals surface area contributed by atoms with E-state index in [1.807, 2.05) is 36.4 Å². The molecule has 35 heavy (non-hydrogen) atoms. The Balaban J connectivity index is 1.15. The highest BCUT2D eigenvalue weighted by Gasteiger charge is 2.20. The van der Waals surface area contributed by atoms with Crippen molar-refractivity contribution in [2.75, 3.05) is 0 Å². The van der Waals surface area contributed by atoms with Gasteiger partial charge in [-0.1, -0.05) is 30.3 Å². The van der Waals surface area contributed by atoms with Gasteiger partial charge in [0.25, 0.3) is 11.5 Å². The molecular weight excluding hydrogens is 464 g/mol. The van der Waals surface area contributed by atoms with Crippen molar-refractivity contribution in [1.82, 2.24) is 20.4 Å². The normalized spacial score (nSPS) is 13.9. The van der Waals surface area contributed by atoms with Gasteiger partial charge in [0.05, 0.1) is 11.7 Å². The number of hydrazine groups is 1. The Kier molecular flexibility index (Phi) is 6.50. The summed E-state index contributed by atoms with van der Waals surface area (Å²) in [5.41, 5.74) is 5.81. The first kappa shape index (κ1) is 23.0. The van der Waals surface area contributed by atoms with Gasteiger partial charge in [-0.3, -0.25) is 29.8 Å². The molecule has 0 bridgehead atoms. The third-order valence-corrected chi connectivity index (χ3v) is 7.45. The van der Waals surface area contributed by atoms with Gasteiger partial charge in [0.15, 0.2) is 6.10 Å². The number of fused-ring (bicyclic) bond motifs is 4. The third kappa shape index (κ3) is 4.90. The number of aryl methyl sites for hydroxylation is 3. The topological polar surface area (TPSA) is 102 Å². The molecule has 0 fully saturated rings. The molecule has 2 aromatic carbocycles. The van der Waals surface area contributed by atoms with Crippen LogP contribution in [-0.2, 0) is 29.0 Å². The Morgan fingerprint density at radius 3 is 2.77 bits per heavy atom. The maximum absolute atomic E-state index is 13.0. The van der Waals surface area contributed by atoms with Crippen LogP contribution in [0.3, 0.4) is 0 Å². The number of nitrogens with one attached hydrogen (secondary N) is 2. The molecule has 0 aliphatic heterocycles. The van der Waals surface area contributed by atoms with E-state index in [2.05, 4.69) is 15.8 Å². The molecule has 0 radical (unpaired) electrons. The molecule has 0 spiro atoms. The van der Waals surface area contributed by atoms with Crippen LogP contribution in [0.5, 0.6) is 5.75 Å². The van der Waals surface area contributed by atoms with Crippen molar-refractivity contribution in [2.24, 2.45) is 0 Å². The van der Waals surface area contributed by atoms with Crippen LogP contribution in [0.15, 0.2) is 53.6 Å². The molecular formula is C26H26N4O4S. The van der Waals surface area contributed by atoms with Crippen molar-refractivity contribution in [2.45, 2.75) is 51.7 Å². The number of hydrogen-bond acceptors (Lipinski definition) is 6. The molecule has 8 nitrogen and oxygen atoms in total. The average molecular weight is 491 g/mol. The maximum Gasteiger partial charge on any atom is 0.279 e. The molecule has 0 saturated heterocycles. The zero-order valence-corrected chi connectivity index (χ0v) is 20.2. The smallest absolute Gasteiger partial charge is 0.279 e. The third-order valence-electron chi connectivity index (χ3n) is 6.25. The zero-order valence-electron chi connectivity index (χ0n) is 19.4. The first-order valence-electron chi connectivity index (χ1n) is 11.7. The lowest BCUT2D eigenvalue weighted by Gasteiger charge is -2.15. The first-order valence-corrected chi connectivity index (χ1v) is 12.5. The fourth-order valence-corrected chi connectivity index (χ4v) is 5.58. The Labute approximate surface area is 205 Å². The summed E-state index contributed by atoms with van der Waals surface area (Å²) < 4.78 is 7.19. The van der Waals surface area contributed by atoms with E-state index in [1.165, 1.54) is 15.8 Å². The van der Waals surface area contributed by atoms with Crippen LogP contribution in [0.25, 0.3) is 21.0 Å². The van der Waals surface area contributed by atoms with Crippen LogP contribution in [0.1, 0.15) is 36.6 Å². The van der Waals surface area contributed by atoms with E-state index in [9.17, 15) is 14.4 Å². The second-order valence-corrected chi connectivity index (χ2v) is 9.77. The summed E-state index contributed by atoms with van der Waals surface area (Å²) in [6.07, 6.45) is 4.85. The van der Waals surface area contributed by atoms with Crippen LogP contribution >= 0.6 is 11.3 Å². The summed E-state index contributed by atoms with van der Waals surface area (Å²) in [6.45, 7) is 1.79. The molecule has 1 unspecified atom stereocenters. The summed E-state index contributed by atoms with van der Waals surface area (Å²) in [5.74, 6) is -0.317. The van der Waals surface area contributed by atoms with Crippen molar-refractivity contribution >= 4 is 44.1 Å². The molecule has 4 aromatic rings. The quantitative estimate of drug-likeness (QED) is 0.403. The van der Waals surface area contributed by atoms with Gasteiger partial charge in [0.2, 0.25) is 5.91 Å². The van der Waals surface area contributed by atoms with E-state index in [0.717, 1.165) is 46.8 Å². The van der Waals surface area contributed by atoms with Crippen molar-refractivity contribution in [3.05, 3.63) is 69.6 Å². The predicted octanol–water partition coefficient (Wildman–Crippen LogP) is 3.50. The molecule has 1 aliphatic carbocycles. The lowest BCUT2D eigenvalue weighted by Crippen LogP contribution is -2.47. The second-order valence-electron chi connectivity index (χ2n) is 8.69. The number of carbonyl (C=O) groups excluding carboxylic acids is 2. The van der Waals surface area contributed by atoms with E-state index >= 15 is 0 Å². The Morgan fingerprint density at radius 2 is 1.91 bits per heavy atom. The molecule has 2 N–H and O–H groups in total. The number of rotatable bonds is 6. The first-order chi connectivity index (χ1) is 17.0. The molecule has 1 atom stereocenters. The van der Waals surface area contributed by atoms with Crippen LogP contribution in [0, 0.1) is 0 Å². The fourth-order valence-electron chi connectivity index (χ4n) is 4.36. The minimum Gasteiger partial charge on any atom is -0.481 e. The Morgan fingerprint density at radius 1 is 1.11 bits per heavy atom. The van der Waals surface area contributed by atoms with Gasteiger partial charge in [-0.25, -0.2) is 4.98 Å². The van der Waals surface area contributed by atoms with Crippen molar-refractivity contribution in [3.8, 4) is 5.75 Å². The van der Waals surface area contributed by atoms with E-state index in [4.69, 9.17) is 4.74 Å². The fraction of sp³-hybridized carbons (Fsp3) is 0.308. The number of nitrogens with zero attached hydrogens (tertiary/aromatic N) is 2. The molecule has 1 aliphatic rings. The molecule has 0 saturated carbocycles. The molecule has 180 valence electrons. The SMILES string of the molecule is CC(Oc1ccc2ccccc2c1)C(=O)NNC(=O)CCn1cnc2sc3c(c2c1=O)CCCC3. The number of hydrogen-bond donors (Lipinski definition) is 2. The van der Waals surface area contributed by atoms with Gasteiger partial charge in [0.1, 0.15) is 10.6 Å². The Hall–Kier alpha value is -3.72. The second kappa shape index (κ2) is 9.87. The predicted molar refractivity (Wildman–Crippen MR) is 135 cm³/mol. The number of benzene rings is 2. The van der Waals surface area contributed by atoms with Gasteiger partial charge in [-0.05, 0) is 61.1 Å². The number of carbonyl (C=O) groups is 2. The van der Waals surface area contributed by atoms with E-state index in [0.29, 0.717) is 11.1 Å². The minimum atomic E-state index is -0.810. The highest BCUT2D eigenvalue weighted by atomic mass is 32.1. The standard InChI is InChI=1S/C26H26N4O4S/c1-16(34-19-11-10-17-6-2-3-7-18(17)14-19)24(32)29-28-22(31)12-13-30-15-27-25-23(26(30)33)20-8-4-5-9-21(20)35-25/h2-3,6-7,10-11,14-16H,4-5,8-9,12-13H2,1H3,(H,28,31)(H,29,32). The largest absolute Gasteiger partial charge is 0.481 e. The summed E-state index contributed by atoms with van der Waals surface area (Å²) in [6, 6.07) is 13.5. The molecule has 2 heterocycles. The van der Waals surface area contributed by atoms with Gasteiger partial charge >= 0.3 is 0 Å². The van der Waals surface area contributed by atoms with E-state index in [-0.39, 0.29) is 18.5 Å². The van der Waals surface area contributed by atoms with Crippen LogP contribution in [0.2, 0.25) is 0 Å². The minimum absolute atomic E-state index is 0.0274. The number of aromatic nitrogens is 2. The highest BCUT2D eigenvalue weighted by molar-refractivity contribution is 7.18. The van der Waals surface area contributed by atoms with E-state index in [1.54, 1.807) is 24.3 Å². The number of thiophene rings is 1. The lowest BCUT2D eigenvalue weighted by atomic mass is 9.97. The van der Waals surface area contributed by atoms with Crippen molar-refractivity contribution in [3.63, 3.8) is 0 Å². The van der Waals surface area contributed by atoms with Crippen molar-refractivity contribution < 1.29 is 14.3 Å². The lowest BCUT2D eigenvalue weighted by molar-refractivity contribution is -0.132. The maximum atomic E-state index is 13.0. The molecule has 2 amide bonds. The zero-order chi connectivity index (χ0) is 24.4. The van der Waals surface area contributed by atoms with Crippen LogP contribution in [0.4, 0.5) is 0 Å². The molecule has 9 heteroatoms. The van der Waals surface area contributed by atoms with Crippen molar-refractivity contribution in [1.29, 1.82) is 0 Å². The number of ether oxygens (including phenoxy) is 1. The van der Waals surface area contributed by atoms with Gasteiger partial charge in [-0.2, -0.15) is 0 Å². The monoisotopic (exact) mass is 490 g/mol. The van der Waals surface area contributed by atoms with Crippen LogP contribution < -0.4 is 21.1 Å². The molecule has 2 aromatic heterocycles. The summed E-state index contributed by atoms with van der Waals surface area (Å²) >= 11 is 1.60. The summed E-state index contributed by atoms with van der Waals surface area (Å²) in [5, 5.41) is 2.79.